The van der Waals surface area contributed by atoms with Crippen LogP contribution in [-0.2, 0) is 16.0 Å². The molecular weight excluding hydrogens is 358 g/mol. The van der Waals surface area contributed by atoms with Crippen molar-refractivity contribution in [2.75, 3.05) is 23.4 Å². The molecule has 0 aliphatic carbocycles. The predicted molar refractivity (Wildman–Crippen MR) is 107 cm³/mol. The largest absolute Gasteiger partial charge is 0.464 e. The van der Waals surface area contributed by atoms with Gasteiger partial charge in [0.2, 0.25) is 0 Å². The maximum absolute atomic E-state index is 12.8. The first-order chi connectivity index (χ1) is 13.5. The summed E-state index contributed by atoms with van der Waals surface area (Å²) in [7, 11) is 0. The molecule has 0 spiro atoms. The SMILES string of the molecule is CCOC(=O)[C@H](C)NC(=O)Nc1ccc2c(c1)N(C(=O)c1ccccc1)CC2. The molecular formula is C21H23N3O4. The summed E-state index contributed by atoms with van der Waals surface area (Å²) >= 11 is 0. The van der Waals surface area contributed by atoms with Gasteiger partial charge < -0.3 is 20.3 Å². The smallest absolute Gasteiger partial charge is 0.328 e. The van der Waals surface area contributed by atoms with E-state index in [-0.39, 0.29) is 12.5 Å². The molecule has 0 unspecified atom stereocenters. The van der Waals surface area contributed by atoms with Gasteiger partial charge in [0.1, 0.15) is 6.04 Å². The average Bonchev–Trinajstić information content (AvgIpc) is 3.11. The summed E-state index contributed by atoms with van der Waals surface area (Å²) in [6, 6.07) is 13.3. The molecule has 146 valence electrons. The number of nitrogens with zero attached hydrogens (tertiary/aromatic N) is 1. The Morgan fingerprint density at radius 1 is 1.14 bits per heavy atom. The summed E-state index contributed by atoms with van der Waals surface area (Å²) in [5.41, 5.74) is 3.00. The van der Waals surface area contributed by atoms with Crippen LogP contribution in [0.25, 0.3) is 0 Å². The van der Waals surface area contributed by atoms with Crippen LogP contribution in [0.1, 0.15) is 29.8 Å². The number of hydrogen-bond donors (Lipinski definition) is 2. The first-order valence-electron chi connectivity index (χ1n) is 9.23. The minimum Gasteiger partial charge on any atom is -0.464 e. The number of nitrogens with one attached hydrogen (secondary N) is 2. The molecule has 2 aromatic carbocycles. The van der Waals surface area contributed by atoms with E-state index in [1.807, 2.05) is 24.3 Å². The molecule has 7 nitrogen and oxygen atoms in total. The molecule has 3 rings (SSSR count). The Bertz CT molecular complexity index is 882. The van der Waals surface area contributed by atoms with E-state index in [1.54, 1.807) is 43.0 Å². The van der Waals surface area contributed by atoms with Crippen LogP contribution in [0.5, 0.6) is 0 Å². The summed E-state index contributed by atoms with van der Waals surface area (Å²) in [6.45, 7) is 4.11. The minimum absolute atomic E-state index is 0.0723. The van der Waals surface area contributed by atoms with Crippen molar-refractivity contribution >= 4 is 29.3 Å². The van der Waals surface area contributed by atoms with E-state index >= 15 is 0 Å². The maximum Gasteiger partial charge on any atom is 0.328 e. The second-order valence-electron chi connectivity index (χ2n) is 6.49. The summed E-state index contributed by atoms with van der Waals surface area (Å²) < 4.78 is 4.87. The zero-order chi connectivity index (χ0) is 20.1. The number of esters is 1. The van der Waals surface area contributed by atoms with Crippen molar-refractivity contribution in [1.29, 1.82) is 0 Å². The Hall–Kier alpha value is -3.35. The third-order valence-electron chi connectivity index (χ3n) is 4.49. The average molecular weight is 381 g/mol. The molecule has 0 saturated carbocycles. The van der Waals surface area contributed by atoms with Crippen molar-refractivity contribution in [2.24, 2.45) is 0 Å². The number of fused-ring (bicyclic) bond motifs is 1. The summed E-state index contributed by atoms with van der Waals surface area (Å²) in [6.07, 6.45) is 0.764. The Kier molecular flexibility index (Phi) is 5.93. The summed E-state index contributed by atoms with van der Waals surface area (Å²) in [5, 5.41) is 5.24. The van der Waals surface area contributed by atoms with E-state index in [4.69, 9.17) is 4.74 Å². The highest BCUT2D eigenvalue weighted by Gasteiger charge is 2.26. The van der Waals surface area contributed by atoms with Gasteiger partial charge >= 0.3 is 12.0 Å². The van der Waals surface area contributed by atoms with E-state index in [1.165, 1.54) is 0 Å². The molecule has 28 heavy (non-hydrogen) atoms. The van der Waals surface area contributed by atoms with Crippen LogP contribution < -0.4 is 15.5 Å². The molecule has 2 aromatic rings. The van der Waals surface area contributed by atoms with Gasteiger partial charge in [-0.05, 0) is 50.1 Å². The van der Waals surface area contributed by atoms with Gasteiger partial charge in [0, 0.05) is 23.5 Å². The van der Waals surface area contributed by atoms with Crippen LogP contribution in [-0.4, -0.2) is 37.1 Å². The van der Waals surface area contributed by atoms with Gasteiger partial charge in [0.05, 0.1) is 6.61 Å². The fourth-order valence-corrected chi connectivity index (χ4v) is 3.09. The number of rotatable bonds is 5. The molecule has 1 aliphatic heterocycles. The van der Waals surface area contributed by atoms with E-state index in [9.17, 15) is 14.4 Å². The fraction of sp³-hybridized carbons (Fsp3) is 0.286. The molecule has 7 heteroatoms. The van der Waals surface area contributed by atoms with Crippen molar-refractivity contribution in [2.45, 2.75) is 26.3 Å². The highest BCUT2D eigenvalue weighted by atomic mass is 16.5. The Labute approximate surface area is 163 Å². The summed E-state index contributed by atoms with van der Waals surface area (Å²) in [4.78, 5) is 38.3. The van der Waals surface area contributed by atoms with Gasteiger partial charge in [0.25, 0.3) is 5.91 Å². The maximum atomic E-state index is 12.8. The lowest BCUT2D eigenvalue weighted by molar-refractivity contribution is -0.144. The normalized spacial score (nSPS) is 13.4. The number of ether oxygens (including phenoxy) is 1. The Morgan fingerprint density at radius 3 is 2.61 bits per heavy atom. The van der Waals surface area contributed by atoms with Gasteiger partial charge in [-0.2, -0.15) is 0 Å². The predicted octanol–water partition coefficient (Wildman–Crippen LogP) is 2.96. The minimum atomic E-state index is -0.759. The molecule has 0 aromatic heterocycles. The van der Waals surface area contributed by atoms with Gasteiger partial charge in [0.15, 0.2) is 0 Å². The number of anilines is 2. The molecule has 1 heterocycles. The van der Waals surface area contributed by atoms with E-state index in [2.05, 4.69) is 10.6 Å². The molecule has 0 saturated heterocycles. The van der Waals surface area contributed by atoms with Gasteiger partial charge in [-0.3, -0.25) is 4.79 Å². The van der Waals surface area contributed by atoms with Crippen molar-refractivity contribution in [1.82, 2.24) is 5.32 Å². The fourth-order valence-electron chi connectivity index (χ4n) is 3.09. The van der Waals surface area contributed by atoms with Gasteiger partial charge in [-0.1, -0.05) is 24.3 Å². The second kappa shape index (κ2) is 8.56. The molecule has 3 amide bonds. The van der Waals surface area contributed by atoms with E-state index in [0.29, 0.717) is 17.8 Å². The second-order valence-corrected chi connectivity index (χ2v) is 6.49. The highest BCUT2D eigenvalue weighted by molar-refractivity contribution is 6.07. The number of amides is 3. The monoisotopic (exact) mass is 381 g/mol. The molecule has 2 N–H and O–H groups in total. The molecule has 1 atom stereocenters. The lowest BCUT2D eigenvalue weighted by Crippen LogP contribution is -2.41. The van der Waals surface area contributed by atoms with Crippen LogP contribution in [0, 0.1) is 0 Å². The zero-order valence-electron chi connectivity index (χ0n) is 15.9. The molecule has 1 aliphatic rings. The van der Waals surface area contributed by atoms with Crippen molar-refractivity contribution in [3.63, 3.8) is 0 Å². The third-order valence-corrected chi connectivity index (χ3v) is 4.49. The van der Waals surface area contributed by atoms with Gasteiger partial charge in [-0.15, -0.1) is 0 Å². The number of carbonyl (C=O) groups is 3. The number of urea groups is 1. The van der Waals surface area contributed by atoms with E-state index in [0.717, 1.165) is 17.7 Å². The van der Waals surface area contributed by atoms with Gasteiger partial charge in [-0.25, -0.2) is 9.59 Å². The Balaban J connectivity index is 1.70. The number of hydrogen-bond acceptors (Lipinski definition) is 4. The van der Waals surface area contributed by atoms with Crippen LogP contribution >= 0.6 is 0 Å². The van der Waals surface area contributed by atoms with Crippen molar-refractivity contribution in [3.05, 3.63) is 59.7 Å². The third kappa shape index (κ3) is 4.31. The summed E-state index contributed by atoms with van der Waals surface area (Å²) in [5.74, 6) is -0.567. The quantitative estimate of drug-likeness (QED) is 0.780. The van der Waals surface area contributed by atoms with Crippen LogP contribution in [0.15, 0.2) is 48.5 Å². The lowest BCUT2D eigenvalue weighted by Gasteiger charge is -2.19. The van der Waals surface area contributed by atoms with Crippen molar-refractivity contribution in [3.8, 4) is 0 Å². The first kappa shape index (κ1) is 19.4. The topological polar surface area (TPSA) is 87.7 Å². The van der Waals surface area contributed by atoms with Crippen molar-refractivity contribution < 1.29 is 19.1 Å². The van der Waals surface area contributed by atoms with Crippen LogP contribution in [0.2, 0.25) is 0 Å². The van der Waals surface area contributed by atoms with Crippen LogP contribution in [0.3, 0.4) is 0 Å². The zero-order valence-corrected chi connectivity index (χ0v) is 15.9. The molecule has 0 radical (unpaired) electrons. The van der Waals surface area contributed by atoms with E-state index < -0.39 is 18.0 Å². The number of benzene rings is 2. The highest BCUT2D eigenvalue weighted by Crippen LogP contribution is 2.32. The number of carbonyl (C=O) groups excluding carboxylic acids is 3. The molecule has 0 fully saturated rings. The molecule has 0 bridgehead atoms. The van der Waals surface area contributed by atoms with Crippen LogP contribution in [0.4, 0.5) is 16.2 Å². The lowest BCUT2D eigenvalue weighted by atomic mass is 10.1. The first-order valence-corrected chi connectivity index (χ1v) is 9.23. The standard InChI is InChI=1S/C21H23N3O4/c1-3-28-20(26)14(2)22-21(27)23-17-10-9-15-11-12-24(18(15)13-17)19(25)16-7-5-4-6-8-16/h4-10,13-14H,3,11-12H2,1-2H3,(H2,22,23,27)/t14-/m0/s1. The Morgan fingerprint density at radius 2 is 1.89 bits per heavy atom.